The quantitative estimate of drug-likeness (QED) is 0.672. The average Bonchev–Trinajstić information content (AvgIpc) is 2.21. The number of rotatable bonds is 6. The van der Waals surface area contributed by atoms with E-state index in [0.29, 0.717) is 32.5 Å². The number of hydrogen-bond donors (Lipinski definition) is 0. The Labute approximate surface area is 92.5 Å². The summed E-state index contributed by atoms with van der Waals surface area (Å²) in [7, 11) is 0. The van der Waals surface area contributed by atoms with Gasteiger partial charge in [-0.2, -0.15) is 15.8 Å². The molecule has 0 radical (unpaired) electrons. The van der Waals surface area contributed by atoms with Crippen molar-refractivity contribution in [2.75, 3.05) is 19.6 Å². The zero-order chi connectivity index (χ0) is 10.8. The van der Waals surface area contributed by atoms with Crippen LogP contribution in [0, 0.1) is 34.0 Å². The standard InChI is InChI=1S/C9H11BrN4/c10-9(7-13)8-14(5-1-3-11)6-2-4-12/h9H,1-2,5-6,8H2. The summed E-state index contributed by atoms with van der Waals surface area (Å²) in [5.41, 5.74) is 0. The number of halogens is 1. The van der Waals surface area contributed by atoms with E-state index in [2.05, 4.69) is 22.0 Å². The van der Waals surface area contributed by atoms with Crippen molar-refractivity contribution in [3.8, 4) is 18.2 Å². The summed E-state index contributed by atoms with van der Waals surface area (Å²) in [6.45, 7) is 1.78. The molecule has 0 aromatic heterocycles. The smallest absolute Gasteiger partial charge is 0.114 e. The molecule has 0 saturated heterocycles. The lowest BCUT2D eigenvalue weighted by Crippen LogP contribution is -2.31. The molecule has 1 atom stereocenters. The van der Waals surface area contributed by atoms with Crippen molar-refractivity contribution in [2.45, 2.75) is 17.7 Å². The molecule has 0 bridgehead atoms. The van der Waals surface area contributed by atoms with Crippen LogP contribution >= 0.6 is 15.9 Å². The Morgan fingerprint density at radius 2 is 1.57 bits per heavy atom. The van der Waals surface area contributed by atoms with Gasteiger partial charge in [0.2, 0.25) is 0 Å². The maximum atomic E-state index is 8.58. The lowest BCUT2D eigenvalue weighted by atomic mass is 10.3. The predicted molar refractivity (Wildman–Crippen MR) is 55.2 cm³/mol. The molecule has 0 fully saturated rings. The highest BCUT2D eigenvalue weighted by molar-refractivity contribution is 9.09. The SMILES string of the molecule is N#CCCN(CCC#N)CC(Br)C#N. The molecule has 0 spiro atoms. The van der Waals surface area contributed by atoms with Gasteiger partial charge in [0.05, 0.1) is 18.2 Å². The molecule has 0 aromatic rings. The maximum Gasteiger partial charge on any atom is 0.114 e. The molecule has 0 amide bonds. The zero-order valence-corrected chi connectivity index (χ0v) is 9.37. The van der Waals surface area contributed by atoms with Gasteiger partial charge in [-0.25, -0.2) is 0 Å². The molecule has 1 unspecified atom stereocenters. The van der Waals surface area contributed by atoms with E-state index in [4.69, 9.17) is 15.8 Å². The van der Waals surface area contributed by atoms with E-state index < -0.39 is 0 Å². The van der Waals surface area contributed by atoms with Crippen LogP contribution in [-0.4, -0.2) is 29.4 Å². The number of hydrogen-bond acceptors (Lipinski definition) is 4. The van der Waals surface area contributed by atoms with Gasteiger partial charge in [0.25, 0.3) is 0 Å². The lowest BCUT2D eigenvalue weighted by molar-refractivity contribution is 0.296. The summed E-state index contributed by atoms with van der Waals surface area (Å²) in [5.74, 6) is 0. The van der Waals surface area contributed by atoms with E-state index in [0.717, 1.165) is 0 Å². The first-order chi connectivity index (χ1) is 6.74. The molecule has 0 rings (SSSR count). The predicted octanol–water partition coefficient (Wildman–Crippen LogP) is 1.40. The molecule has 5 heteroatoms. The van der Waals surface area contributed by atoms with Gasteiger partial charge in [-0.1, -0.05) is 15.9 Å². The molecule has 0 aliphatic heterocycles. The van der Waals surface area contributed by atoms with Gasteiger partial charge in [-0.3, -0.25) is 4.90 Å². The third-order valence-electron chi connectivity index (χ3n) is 1.64. The topological polar surface area (TPSA) is 74.6 Å². The molecule has 0 aliphatic rings. The van der Waals surface area contributed by atoms with E-state index in [9.17, 15) is 0 Å². The fourth-order valence-corrected chi connectivity index (χ4v) is 1.39. The van der Waals surface area contributed by atoms with Crippen molar-refractivity contribution >= 4 is 15.9 Å². The Balaban J connectivity index is 3.93. The minimum atomic E-state index is -0.236. The highest BCUT2D eigenvalue weighted by atomic mass is 79.9. The van der Waals surface area contributed by atoms with Crippen LogP contribution in [0.5, 0.6) is 0 Å². The largest absolute Gasteiger partial charge is 0.299 e. The van der Waals surface area contributed by atoms with Crippen molar-refractivity contribution in [2.24, 2.45) is 0 Å². The molecule has 74 valence electrons. The maximum absolute atomic E-state index is 8.58. The first-order valence-electron chi connectivity index (χ1n) is 4.24. The van der Waals surface area contributed by atoms with Crippen molar-refractivity contribution < 1.29 is 0 Å². The zero-order valence-electron chi connectivity index (χ0n) is 7.78. The monoisotopic (exact) mass is 254 g/mol. The molecule has 0 saturated carbocycles. The minimum Gasteiger partial charge on any atom is -0.299 e. The number of alkyl halides is 1. The second-order valence-electron chi connectivity index (χ2n) is 2.71. The van der Waals surface area contributed by atoms with Crippen molar-refractivity contribution in [1.82, 2.24) is 4.90 Å². The summed E-state index contributed by atoms with van der Waals surface area (Å²) in [5, 5.41) is 25.4. The third kappa shape index (κ3) is 6.43. The van der Waals surface area contributed by atoms with Crippen molar-refractivity contribution in [1.29, 1.82) is 15.8 Å². The first kappa shape index (κ1) is 12.9. The third-order valence-corrected chi connectivity index (χ3v) is 2.13. The second-order valence-corrected chi connectivity index (χ2v) is 3.82. The van der Waals surface area contributed by atoms with Gasteiger partial charge in [-0.15, -0.1) is 0 Å². The van der Waals surface area contributed by atoms with Crippen molar-refractivity contribution in [3.05, 3.63) is 0 Å². The van der Waals surface area contributed by atoms with Gasteiger partial charge in [0.1, 0.15) is 4.83 Å². The molecular weight excluding hydrogens is 244 g/mol. The van der Waals surface area contributed by atoms with E-state index >= 15 is 0 Å². The first-order valence-corrected chi connectivity index (χ1v) is 5.16. The van der Waals surface area contributed by atoms with Crippen LogP contribution in [0.15, 0.2) is 0 Å². The number of nitrogens with zero attached hydrogens (tertiary/aromatic N) is 4. The van der Waals surface area contributed by atoms with E-state index in [1.165, 1.54) is 0 Å². The molecule has 14 heavy (non-hydrogen) atoms. The van der Waals surface area contributed by atoms with Crippen LogP contribution < -0.4 is 0 Å². The number of nitriles is 3. The van der Waals surface area contributed by atoms with Gasteiger partial charge >= 0.3 is 0 Å². The van der Waals surface area contributed by atoms with Gasteiger partial charge < -0.3 is 0 Å². The summed E-state index contributed by atoms with van der Waals surface area (Å²) < 4.78 is 0. The van der Waals surface area contributed by atoms with Crippen LogP contribution in [0.1, 0.15) is 12.8 Å². The van der Waals surface area contributed by atoms with Gasteiger partial charge in [0, 0.05) is 32.5 Å². The summed E-state index contributed by atoms with van der Waals surface area (Å²) in [4.78, 5) is 1.70. The molecule has 0 heterocycles. The molecule has 4 nitrogen and oxygen atoms in total. The van der Waals surface area contributed by atoms with Crippen LogP contribution in [0.3, 0.4) is 0 Å². The molecular formula is C9H11BrN4. The van der Waals surface area contributed by atoms with Crippen LogP contribution in [0.2, 0.25) is 0 Å². The highest BCUT2D eigenvalue weighted by Crippen LogP contribution is 2.03. The Morgan fingerprint density at radius 1 is 1.07 bits per heavy atom. The normalized spacial score (nSPS) is 11.4. The Morgan fingerprint density at radius 3 is 1.93 bits per heavy atom. The van der Waals surface area contributed by atoms with Crippen LogP contribution in [0.4, 0.5) is 0 Å². The van der Waals surface area contributed by atoms with Crippen LogP contribution in [0.25, 0.3) is 0 Å². The van der Waals surface area contributed by atoms with Gasteiger partial charge in [0.15, 0.2) is 0 Å². The molecule has 0 aromatic carbocycles. The second kappa shape index (κ2) is 8.51. The minimum absolute atomic E-state index is 0.236. The van der Waals surface area contributed by atoms with E-state index in [1.54, 1.807) is 0 Å². The van der Waals surface area contributed by atoms with E-state index in [1.807, 2.05) is 17.0 Å². The Kier molecular flexibility index (Phi) is 7.84. The van der Waals surface area contributed by atoms with Gasteiger partial charge in [-0.05, 0) is 0 Å². The van der Waals surface area contributed by atoms with E-state index in [-0.39, 0.29) is 4.83 Å². The fourth-order valence-electron chi connectivity index (χ4n) is 0.978. The lowest BCUT2D eigenvalue weighted by Gasteiger charge is -2.19. The Hall–Kier alpha value is -1.09. The Bertz CT molecular complexity index is 252. The average molecular weight is 255 g/mol. The highest BCUT2D eigenvalue weighted by Gasteiger charge is 2.09. The van der Waals surface area contributed by atoms with Crippen molar-refractivity contribution in [3.63, 3.8) is 0 Å². The summed E-state index contributed by atoms with van der Waals surface area (Å²) in [6.07, 6.45) is 0.854. The molecule has 0 N–H and O–H groups in total. The van der Waals surface area contributed by atoms with Crippen LogP contribution in [-0.2, 0) is 0 Å². The summed E-state index contributed by atoms with van der Waals surface area (Å²) >= 11 is 3.19. The summed E-state index contributed by atoms with van der Waals surface area (Å²) in [6, 6.07) is 6.14. The fraction of sp³-hybridized carbons (Fsp3) is 0.667. The molecule has 0 aliphatic carbocycles.